The van der Waals surface area contributed by atoms with Crippen molar-refractivity contribution in [3.8, 4) is 0 Å². The molecule has 2 aromatic carbocycles. The van der Waals surface area contributed by atoms with E-state index in [0.717, 1.165) is 11.1 Å². The van der Waals surface area contributed by atoms with Gasteiger partial charge in [-0.1, -0.05) is 58.5 Å². The lowest BCUT2D eigenvalue weighted by Gasteiger charge is -2.29. The van der Waals surface area contributed by atoms with Crippen molar-refractivity contribution in [2.45, 2.75) is 45.2 Å². The van der Waals surface area contributed by atoms with Gasteiger partial charge in [0.1, 0.15) is 6.04 Å². The van der Waals surface area contributed by atoms with Crippen molar-refractivity contribution in [1.82, 2.24) is 10.2 Å². The Morgan fingerprint density at radius 2 is 1.68 bits per heavy atom. The van der Waals surface area contributed by atoms with Gasteiger partial charge in [-0.25, -0.2) is 0 Å². The van der Waals surface area contributed by atoms with Gasteiger partial charge in [-0.15, -0.1) is 11.8 Å². The van der Waals surface area contributed by atoms with E-state index in [2.05, 4.69) is 5.32 Å². The number of thioether (sulfide) groups is 1. The largest absolute Gasteiger partial charge is 0.352 e. The second-order valence-corrected chi connectivity index (χ2v) is 9.98. The Labute approximate surface area is 207 Å². The van der Waals surface area contributed by atoms with Crippen LogP contribution in [0.25, 0.3) is 0 Å². The minimum absolute atomic E-state index is 0.0294. The highest BCUT2D eigenvalue weighted by molar-refractivity contribution is 7.99. The molecule has 2 aromatic rings. The Bertz CT molecular complexity index is 940. The molecule has 0 radical (unpaired) electrons. The first kappa shape index (κ1) is 26.1. The van der Waals surface area contributed by atoms with Crippen molar-refractivity contribution in [2.75, 3.05) is 5.75 Å². The maximum Gasteiger partial charge on any atom is 0.242 e. The summed E-state index contributed by atoms with van der Waals surface area (Å²) in [5.74, 6) is 0.371. The molecule has 1 N–H and O–H groups in total. The smallest absolute Gasteiger partial charge is 0.242 e. The van der Waals surface area contributed by atoms with Crippen LogP contribution in [-0.4, -0.2) is 34.6 Å². The number of hydrogen-bond acceptors (Lipinski definition) is 3. The average molecular weight is 522 g/mol. The van der Waals surface area contributed by atoms with Gasteiger partial charge in [-0.3, -0.25) is 9.59 Å². The van der Waals surface area contributed by atoms with Gasteiger partial charge in [0.25, 0.3) is 0 Å². The Morgan fingerprint density at radius 3 is 2.29 bits per heavy atom. The number of benzene rings is 2. The Hall–Kier alpha value is -1.11. The lowest BCUT2D eigenvalue weighted by Crippen LogP contribution is -2.49. The number of amides is 2. The minimum Gasteiger partial charge on any atom is -0.352 e. The van der Waals surface area contributed by atoms with E-state index in [0.29, 0.717) is 25.8 Å². The summed E-state index contributed by atoms with van der Waals surface area (Å²) in [6.07, 6.45) is 0. The van der Waals surface area contributed by atoms with E-state index in [1.54, 1.807) is 42.2 Å². The van der Waals surface area contributed by atoms with E-state index in [4.69, 9.17) is 46.4 Å². The summed E-state index contributed by atoms with van der Waals surface area (Å²) in [7, 11) is 0. The molecule has 0 saturated heterocycles. The monoisotopic (exact) mass is 520 g/mol. The van der Waals surface area contributed by atoms with Gasteiger partial charge in [0.2, 0.25) is 11.8 Å². The molecular weight excluding hydrogens is 498 g/mol. The fraction of sp³-hybridized carbons (Fsp3) is 0.364. The summed E-state index contributed by atoms with van der Waals surface area (Å²) in [5, 5.41) is 4.82. The van der Waals surface area contributed by atoms with Gasteiger partial charge in [0.05, 0.1) is 15.8 Å². The van der Waals surface area contributed by atoms with Crippen LogP contribution in [-0.2, 0) is 21.9 Å². The number of carbonyl (C=O) groups is 2. The molecule has 2 rings (SSSR count). The Morgan fingerprint density at radius 1 is 0.968 bits per heavy atom. The van der Waals surface area contributed by atoms with E-state index < -0.39 is 6.04 Å². The standard InChI is InChI=1S/C22H24Cl4N2O2S/c1-13(2)27-22(30)14(3)28(10-15-4-7-18(24)20(26)8-15)21(29)12-31-11-16-5-6-17(23)9-19(16)25/h4-9,13-14H,10-12H2,1-3H3,(H,27,30)/t14-/m0/s1. The third-order valence-corrected chi connectivity index (χ3v) is 6.73. The van der Waals surface area contributed by atoms with Gasteiger partial charge in [-0.2, -0.15) is 0 Å². The molecule has 0 aliphatic carbocycles. The van der Waals surface area contributed by atoms with Crippen molar-refractivity contribution in [1.29, 1.82) is 0 Å². The van der Waals surface area contributed by atoms with Crippen LogP contribution in [0.2, 0.25) is 20.1 Å². The molecule has 0 heterocycles. The van der Waals surface area contributed by atoms with Crippen LogP contribution in [0.5, 0.6) is 0 Å². The number of nitrogens with zero attached hydrogens (tertiary/aromatic N) is 1. The number of halogens is 4. The molecule has 0 unspecified atom stereocenters. The third kappa shape index (κ3) is 8.07. The minimum atomic E-state index is -0.649. The van der Waals surface area contributed by atoms with Crippen molar-refractivity contribution < 1.29 is 9.59 Å². The molecule has 31 heavy (non-hydrogen) atoms. The zero-order valence-corrected chi connectivity index (χ0v) is 21.3. The second-order valence-electron chi connectivity index (χ2n) is 7.34. The van der Waals surface area contributed by atoms with E-state index in [1.807, 2.05) is 19.9 Å². The van der Waals surface area contributed by atoms with E-state index in [9.17, 15) is 9.59 Å². The molecule has 0 aliphatic rings. The maximum atomic E-state index is 13.1. The van der Waals surface area contributed by atoms with E-state index in [-0.39, 0.29) is 30.2 Å². The molecule has 2 amide bonds. The number of hydrogen-bond donors (Lipinski definition) is 1. The number of rotatable bonds is 9. The lowest BCUT2D eigenvalue weighted by atomic mass is 10.1. The predicted molar refractivity (Wildman–Crippen MR) is 132 cm³/mol. The Balaban J connectivity index is 2.12. The molecule has 4 nitrogen and oxygen atoms in total. The predicted octanol–water partition coefficient (Wildman–Crippen LogP) is 6.48. The van der Waals surface area contributed by atoms with E-state index >= 15 is 0 Å². The molecule has 0 bridgehead atoms. The van der Waals surface area contributed by atoms with Gasteiger partial charge in [-0.05, 0) is 56.2 Å². The maximum absolute atomic E-state index is 13.1. The zero-order chi connectivity index (χ0) is 23.1. The first-order valence-electron chi connectivity index (χ1n) is 9.64. The fourth-order valence-electron chi connectivity index (χ4n) is 2.79. The fourth-order valence-corrected chi connectivity index (χ4v) is 4.58. The van der Waals surface area contributed by atoms with Crippen molar-refractivity contribution in [2.24, 2.45) is 0 Å². The third-order valence-electron chi connectivity index (χ3n) is 4.43. The summed E-state index contributed by atoms with van der Waals surface area (Å²) >= 11 is 25.7. The van der Waals surface area contributed by atoms with Crippen molar-refractivity contribution >= 4 is 70.0 Å². The van der Waals surface area contributed by atoms with Crippen molar-refractivity contribution in [3.63, 3.8) is 0 Å². The van der Waals surface area contributed by atoms with Crippen molar-refractivity contribution in [3.05, 3.63) is 67.6 Å². The average Bonchev–Trinajstić information content (AvgIpc) is 2.69. The van der Waals surface area contributed by atoms with Crippen LogP contribution in [0.3, 0.4) is 0 Å². The first-order valence-corrected chi connectivity index (χ1v) is 12.3. The molecule has 0 spiro atoms. The van der Waals surface area contributed by atoms with Crippen LogP contribution in [0, 0.1) is 0 Å². The van der Waals surface area contributed by atoms with Gasteiger partial charge >= 0.3 is 0 Å². The molecule has 0 saturated carbocycles. The molecule has 9 heteroatoms. The highest BCUT2D eigenvalue weighted by atomic mass is 35.5. The zero-order valence-electron chi connectivity index (χ0n) is 17.4. The molecular formula is C22H24Cl4N2O2S. The van der Waals surface area contributed by atoms with Crippen LogP contribution in [0.1, 0.15) is 31.9 Å². The molecule has 0 aliphatic heterocycles. The summed E-state index contributed by atoms with van der Waals surface area (Å²) in [4.78, 5) is 27.2. The van der Waals surface area contributed by atoms with Gasteiger partial charge in [0.15, 0.2) is 0 Å². The molecule has 0 aromatic heterocycles. The van der Waals surface area contributed by atoms with Crippen LogP contribution in [0.15, 0.2) is 36.4 Å². The first-order chi connectivity index (χ1) is 14.6. The summed E-state index contributed by atoms with van der Waals surface area (Å²) in [6.45, 7) is 5.71. The summed E-state index contributed by atoms with van der Waals surface area (Å²) in [5.41, 5.74) is 1.68. The SMILES string of the molecule is CC(C)NC(=O)[C@H](C)N(Cc1ccc(Cl)c(Cl)c1)C(=O)CSCc1ccc(Cl)cc1Cl. The molecule has 0 fully saturated rings. The van der Waals surface area contributed by atoms with Gasteiger partial charge < -0.3 is 10.2 Å². The number of nitrogens with one attached hydrogen (secondary N) is 1. The normalized spacial score (nSPS) is 12.0. The summed E-state index contributed by atoms with van der Waals surface area (Å²) < 4.78 is 0. The van der Waals surface area contributed by atoms with Gasteiger partial charge in [0, 0.05) is 28.4 Å². The number of carbonyl (C=O) groups excluding carboxylic acids is 2. The van der Waals surface area contributed by atoms with Crippen LogP contribution in [0.4, 0.5) is 0 Å². The highest BCUT2D eigenvalue weighted by Gasteiger charge is 2.26. The second kappa shape index (κ2) is 12.2. The molecule has 1 atom stereocenters. The highest BCUT2D eigenvalue weighted by Crippen LogP contribution is 2.26. The quantitative estimate of drug-likeness (QED) is 0.411. The Kier molecular flexibility index (Phi) is 10.3. The topological polar surface area (TPSA) is 49.4 Å². The van der Waals surface area contributed by atoms with Crippen LogP contribution >= 0.6 is 58.2 Å². The van der Waals surface area contributed by atoms with Crippen LogP contribution < -0.4 is 5.32 Å². The van der Waals surface area contributed by atoms with E-state index in [1.165, 1.54) is 11.8 Å². The lowest BCUT2D eigenvalue weighted by molar-refractivity contribution is -0.138. The summed E-state index contributed by atoms with van der Waals surface area (Å²) in [6, 6.07) is 9.78. The molecule has 168 valence electrons.